The molecule has 1 heterocycles. The SMILES string of the molecule is COc1ccc(C(=O)Nc2ccc(S(=O)(=O)N3CCN(C)CC3)cc2)cc1S(=O)(=O)NC(C)C. The lowest BCUT2D eigenvalue weighted by molar-refractivity contribution is 0.102. The van der Waals surface area contributed by atoms with Crippen LogP contribution < -0.4 is 14.8 Å². The zero-order chi connectivity index (χ0) is 25.1. The number of rotatable bonds is 8. The molecule has 34 heavy (non-hydrogen) atoms. The van der Waals surface area contributed by atoms with Crippen LogP contribution in [0.5, 0.6) is 5.75 Å². The molecule has 0 bridgehead atoms. The van der Waals surface area contributed by atoms with Crippen LogP contribution in [-0.2, 0) is 20.0 Å². The summed E-state index contributed by atoms with van der Waals surface area (Å²) >= 11 is 0. The highest BCUT2D eigenvalue weighted by molar-refractivity contribution is 7.89. The number of carbonyl (C=O) groups excluding carboxylic acids is 1. The van der Waals surface area contributed by atoms with E-state index in [0.717, 1.165) is 0 Å². The molecule has 1 aliphatic rings. The molecule has 1 amide bonds. The number of sulfonamides is 2. The fraction of sp³-hybridized carbons (Fsp3) is 0.409. The highest BCUT2D eigenvalue weighted by Gasteiger charge is 2.27. The first kappa shape index (κ1) is 26.1. The molecule has 12 heteroatoms. The third-order valence-electron chi connectivity index (χ3n) is 5.32. The minimum absolute atomic E-state index is 0.110. The molecule has 0 unspecified atom stereocenters. The number of nitrogens with zero attached hydrogens (tertiary/aromatic N) is 2. The zero-order valence-electron chi connectivity index (χ0n) is 19.6. The lowest BCUT2D eigenvalue weighted by Gasteiger charge is -2.31. The number of nitrogens with one attached hydrogen (secondary N) is 2. The van der Waals surface area contributed by atoms with Gasteiger partial charge in [0, 0.05) is 43.5 Å². The number of benzene rings is 2. The van der Waals surface area contributed by atoms with Gasteiger partial charge in [0.1, 0.15) is 10.6 Å². The second kappa shape index (κ2) is 10.4. The molecule has 1 aliphatic heterocycles. The second-order valence-electron chi connectivity index (χ2n) is 8.33. The van der Waals surface area contributed by atoms with Crippen LogP contribution in [0.4, 0.5) is 5.69 Å². The summed E-state index contributed by atoms with van der Waals surface area (Å²) in [5, 5.41) is 2.67. The number of methoxy groups -OCH3 is 1. The Bertz CT molecular complexity index is 1240. The summed E-state index contributed by atoms with van der Waals surface area (Å²) in [7, 11) is -4.22. The smallest absolute Gasteiger partial charge is 0.255 e. The van der Waals surface area contributed by atoms with Crippen LogP contribution in [0.25, 0.3) is 0 Å². The Morgan fingerprint density at radius 1 is 0.971 bits per heavy atom. The molecule has 3 rings (SSSR count). The number of piperazine rings is 1. The Kier molecular flexibility index (Phi) is 7.98. The Labute approximate surface area is 201 Å². The minimum atomic E-state index is -3.90. The Morgan fingerprint density at radius 3 is 2.15 bits per heavy atom. The van der Waals surface area contributed by atoms with Crippen molar-refractivity contribution in [3.05, 3.63) is 48.0 Å². The summed E-state index contributed by atoms with van der Waals surface area (Å²) < 4.78 is 60.1. The van der Waals surface area contributed by atoms with Crippen molar-refractivity contribution in [2.75, 3.05) is 45.7 Å². The van der Waals surface area contributed by atoms with Gasteiger partial charge >= 0.3 is 0 Å². The number of carbonyl (C=O) groups is 1. The topological polar surface area (TPSA) is 125 Å². The van der Waals surface area contributed by atoms with Crippen LogP contribution in [0.1, 0.15) is 24.2 Å². The normalized spacial score (nSPS) is 15.9. The van der Waals surface area contributed by atoms with Gasteiger partial charge in [-0.25, -0.2) is 21.6 Å². The molecular formula is C22H30N4O6S2. The van der Waals surface area contributed by atoms with Gasteiger partial charge in [0.2, 0.25) is 20.0 Å². The van der Waals surface area contributed by atoms with Crippen molar-refractivity contribution in [1.29, 1.82) is 0 Å². The monoisotopic (exact) mass is 510 g/mol. The summed E-state index contributed by atoms with van der Waals surface area (Å²) in [6.45, 7) is 5.55. The average molecular weight is 511 g/mol. The standard InChI is InChI=1S/C22H30N4O6S2/c1-16(2)24-33(28,29)21-15-17(5-10-20(21)32-4)22(27)23-18-6-8-19(9-7-18)34(30,31)26-13-11-25(3)12-14-26/h5-10,15-16,24H,11-14H2,1-4H3,(H,23,27). The van der Waals surface area contributed by atoms with Crippen molar-refractivity contribution in [2.24, 2.45) is 0 Å². The van der Waals surface area contributed by atoms with Gasteiger partial charge in [-0.1, -0.05) is 0 Å². The first-order valence-electron chi connectivity index (χ1n) is 10.7. The number of hydrogen-bond donors (Lipinski definition) is 2. The summed E-state index contributed by atoms with van der Waals surface area (Å²) in [5.74, 6) is -0.429. The van der Waals surface area contributed by atoms with Gasteiger partial charge in [-0.2, -0.15) is 4.31 Å². The molecule has 0 atom stereocenters. The molecule has 1 fully saturated rings. The Balaban J connectivity index is 1.78. The van der Waals surface area contributed by atoms with Gasteiger partial charge < -0.3 is 15.0 Å². The molecule has 0 aromatic heterocycles. The molecule has 2 aromatic rings. The van der Waals surface area contributed by atoms with E-state index in [2.05, 4.69) is 14.9 Å². The van der Waals surface area contributed by atoms with E-state index in [1.165, 1.54) is 53.9 Å². The van der Waals surface area contributed by atoms with Crippen LogP contribution in [0.15, 0.2) is 52.3 Å². The van der Waals surface area contributed by atoms with E-state index in [1.807, 2.05) is 7.05 Å². The minimum Gasteiger partial charge on any atom is -0.495 e. The molecular weight excluding hydrogens is 480 g/mol. The van der Waals surface area contributed by atoms with Crippen molar-refractivity contribution in [1.82, 2.24) is 13.9 Å². The van der Waals surface area contributed by atoms with Gasteiger partial charge in [0.15, 0.2) is 0 Å². The van der Waals surface area contributed by atoms with Gasteiger partial charge in [-0.3, -0.25) is 4.79 Å². The van der Waals surface area contributed by atoms with E-state index < -0.39 is 26.0 Å². The van der Waals surface area contributed by atoms with E-state index in [1.54, 1.807) is 13.8 Å². The van der Waals surface area contributed by atoms with Crippen LogP contribution in [0, 0.1) is 0 Å². The first-order chi connectivity index (χ1) is 15.9. The molecule has 0 spiro atoms. The van der Waals surface area contributed by atoms with Crippen molar-refractivity contribution in [3.8, 4) is 5.75 Å². The largest absolute Gasteiger partial charge is 0.495 e. The summed E-state index contributed by atoms with van der Waals surface area (Å²) in [5.41, 5.74) is 0.488. The van der Waals surface area contributed by atoms with Crippen molar-refractivity contribution < 1.29 is 26.4 Å². The maximum atomic E-state index is 12.9. The fourth-order valence-corrected chi connectivity index (χ4v) is 6.36. The molecule has 2 N–H and O–H groups in total. The molecule has 10 nitrogen and oxygen atoms in total. The quantitative estimate of drug-likeness (QED) is 0.552. The zero-order valence-corrected chi connectivity index (χ0v) is 21.2. The number of likely N-dealkylation sites (N-methyl/N-ethyl adjacent to an activating group) is 1. The Morgan fingerprint density at radius 2 is 1.59 bits per heavy atom. The second-order valence-corrected chi connectivity index (χ2v) is 11.9. The molecule has 0 aliphatic carbocycles. The van der Waals surface area contributed by atoms with E-state index >= 15 is 0 Å². The Hall–Kier alpha value is -2.51. The molecule has 0 saturated carbocycles. The maximum Gasteiger partial charge on any atom is 0.255 e. The highest BCUT2D eigenvalue weighted by atomic mass is 32.2. The summed E-state index contributed by atoms with van der Waals surface area (Å²) in [4.78, 5) is 14.8. The average Bonchev–Trinajstić information content (AvgIpc) is 2.78. The van der Waals surface area contributed by atoms with E-state index in [9.17, 15) is 21.6 Å². The first-order valence-corrected chi connectivity index (χ1v) is 13.7. The van der Waals surface area contributed by atoms with E-state index in [-0.39, 0.29) is 27.1 Å². The van der Waals surface area contributed by atoms with Gasteiger partial charge in [0.25, 0.3) is 5.91 Å². The third kappa shape index (κ3) is 5.94. The lowest BCUT2D eigenvalue weighted by atomic mass is 10.2. The highest BCUT2D eigenvalue weighted by Crippen LogP contribution is 2.26. The van der Waals surface area contributed by atoms with E-state index in [0.29, 0.717) is 31.9 Å². The van der Waals surface area contributed by atoms with Gasteiger partial charge in [-0.05, 0) is 63.4 Å². The maximum absolute atomic E-state index is 12.9. The number of hydrogen-bond acceptors (Lipinski definition) is 7. The number of amides is 1. The number of anilines is 1. The van der Waals surface area contributed by atoms with Crippen molar-refractivity contribution in [3.63, 3.8) is 0 Å². The van der Waals surface area contributed by atoms with E-state index in [4.69, 9.17) is 4.74 Å². The van der Waals surface area contributed by atoms with Crippen molar-refractivity contribution in [2.45, 2.75) is 29.7 Å². The van der Waals surface area contributed by atoms with Crippen LogP contribution >= 0.6 is 0 Å². The summed E-state index contributed by atoms with van der Waals surface area (Å²) in [6.07, 6.45) is 0. The van der Waals surface area contributed by atoms with Crippen molar-refractivity contribution >= 4 is 31.6 Å². The van der Waals surface area contributed by atoms with Crippen LogP contribution in [-0.4, -0.2) is 78.3 Å². The lowest BCUT2D eigenvalue weighted by Crippen LogP contribution is -2.46. The third-order valence-corrected chi connectivity index (χ3v) is 8.91. The molecule has 0 radical (unpaired) electrons. The number of ether oxygens (including phenoxy) is 1. The molecule has 2 aromatic carbocycles. The predicted octanol–water partition coefficient (Wildman–Crippen LogP) is 1.57. The molecule has 186 valence electrons. The van der Waals surface area contributed by atoms with Crippen LogP contribution in [0.2, 0.25) is 0 Å². The summed E-state index contributed by atoms with van der Waals surface area (Å²) in [6, 6.07) is 9.66. The molecule has 1 saturated heterocycles. The van der Waals surface area contributed by atoms with Crippen LogP contribution in [0.3, 0.4) is 0 Å². The van der Waals surface area contributed by atoms with Gasteiger partial charge in [-0.15, -0.1) is 0 Å². The predicted molar refractivity (Wildman–Crippen MR) is 129 cm³/mol. The fourth-order valence-electron chi connectivity index (χ4n) is 3.49. The van der Waals surface area contributed by atoms with Gasteiger partial charge in [0.05, 0.1) is 12.0 Å².